The molecule has 1 N–H and O–H groups in total. The Morgan fingerprint density at radius 2 is 1.88 bits per heavy atom. The summed E-state index contributed by atoms with van der Waals surface area (Å²) < 4.78 is 17.3. The van der Waals surface area contributed by atoms with E-state index >= 15 is 0 Å². The Kier molecular flexibility index (Phi) is 4.66. The van der Waals surface area contributed by atoms with E-state index < -0.39 is 12.2 Å². The number of aliphatic hydroxyl groups excluding tert-OH is 1. The molecule has 6 heteroatoms. The SMILES string of the molecule is OC1c2cc(OCc3cccnc3)ccc2OCC1Oc1cccnc1. The van der Waals surface area contributed by atoms with Gasteiger partial charge in [-0.15, -0.1) is 0 Å². The zero-order valence-corrected chi connectivity index (χ0v) is 14.0. The molecule has 0 radical (unpaired) electrons. The highest BCUT2D eigenvalue weighted by Crippen LogP contribution is 2.36. The van der Waals surface area contributed by atoms with E-state index in [1.807, 2.05) is 18.2 Å². The minimum Gasteiger partial charge on any atom is -0.489 e. The number of hydrogen-bond donors (Lipinski definition) is 1. The van der Waals surface area contributed by atoms with Gasteiger partial charge < -0.3 is 19.3 Å². The van der Waals surface area contributed by atoms with Gasteiger partial charge in [0.2, 0.25) is 0 Å². The van der Waals surface area contributed by atoms with E-state index in [9.17, 15) is 5.11 Å². The second kappa shape index (κ2) is 7.41. The third-order valence-electron chi connectivity index (χ3n) is 4.11. The fourth-order valence-electron chi connectivity index (χ4n) is 2.78. The van der Waals surface area contributed by atoms with Crippen molar-refractivity contribution in [1.29, 1.82) is 0 Å². The Balaban J connectivity index is 1.48. The van der Waals surface area contributed by atoms with Crippen LogP contribution in [0.2, 0.25) is 0 Å². The standard InChI is InChI=1S/C20H18N2O4/c23-20-17-9-15(24-12-14-3-1-7-21-10-14)5-6-18(17)25-13-19(20)26-16-4-2-8-22-11-16/h1-11,19-20,23H,12-13H2. The summed E-state index contributed by atoms with van der Waals surface area (Å²) in [4.78, 5) is 8.08. The summed E-state index contributed by atoms with van der Waals surface area (Å²) in [6.07, 6.45) is 5.42. The fourth-order valence-corrected chi connectivity index (χ4v) is 2.78. The average Bonchev–Trinajstić information content (AvgIpc) is 2.70. The van der Waals surface area contributed by atoms with Gasteiger partial charge in [-0.2, -0.15) is 0 Å². The van der Waals surface area contributed by atoms with Crippen LogP contribution in [-0.2, 0) is 6.61 Å². The van der Waals surface area contributed by atoms with Gasteiger partial charge in [-0.25, -0.2) is 0 Å². The number of rotatable bonds is 5. The van der Waals surface area contributed by atoms with Gasteiger partial charge in [-0.05, 0) is 36.4 Å². The number of benzene rings is 1. The highest BCUT2D eigenvalue weighted by Gasteiger charge is 2.31. The van der Waals surface area contributed by atoms with Crippen molar-refractivity contribution < 1.29 is 19.3 Å². The number of fused-ring (bicyclic) bond motifs is 1. The first-order valence-electron chi connectivity index (χ1n) is 8.33. The van der Waals surface area contributed by atoms with Crippen molar-refractivity contribution in [2.24, 2.45) is 0 Å². The minimum atomic E-state index is -0.819. The lowest BCUT2D eigenvalue weighted by Gasteiger charge is -2.30. The number of nitrogens with zero attached hydrogens (tertiary/aromatic N) is 2. The van der Waals surface area contributed by atoms with Crippen molar-refractivity contribution >= 4 is 0 Å². The lowest BCUT2D eigenvalue weighted by molar-refractivity contribution is -0.0106. The Morgan fingerprint density at radius 3 is 2.65 bits per heavy atom. The van der Waals surface area contributed by atoms with Crippen LogP contribution in [0.5, 0.6) is 17.2 Å². The quantitative estimate of drug-likeness (QED) is 0.763. The molecule has 0 saturated carbocycles. The number of aromatic nitrogens is 2. The lowest BCUT2D eigenvalue weighted by atomic mass is 10.0. The summed E-state index contributed by atoms with van der Waals surface area (Å²) in [5, 5.41) is 10.7. The van der Waals surface area contributed by atoms with Crippen LogP contribution in [0.25, 0.3) is 0 Å². The molecule has 3 heterocycles. The van der Waals surface area contributed by atoms with Crippen molar-refractivity contribution in [3.05, 3.63) is 78.4 Å². The van der Waals surface area contributed by atoms with Crippen LogP contribution in [0.1, 0.15) is 17.2 Å². The molecule has 1 aliphatic heterocycles. The molecule has 26 heavy (non-hydrogen) atoms. The van der Waals surface area contributed by atoms with Gasteiger partial charge in [0.05, 0.1) is 6.20 Å². The normalized spacial score (nSPS) is 18.5. The van der Waals surface area contributed by atoms with E-state index in [4.69, 9.17) is 14.2 Å². The summed E-state index contributed by atoms with van der Waals surface area (Å²) in [5.74, 6) is 1.88. The largest absolute Gasteiger partial charge is 0.489 e. The molecule has 2 atom stereocenters. The predicted octanol–water partition coefficient (Wildman–Crippen LogP) is 2.93. The molecule has 0 fully saturated rings. The van der Waals surface area contributed by atoms with Gasteiger partial charge in [0.1, 0.15) is 36.6 Å². The van der Waals surface area contributed by atoms with Crippen LogP contribution >= 0.6 is 0 Å². The van der Waals surface area contributed by atoms with Crippen LogP contribution in [0.15, 0.2) is 67.3 Å². The molecule has 2 unspecified atom stereocenters. The van der Waals surface area contributed by atoms with Gasteiger partial charge in [0.15, 0.2) is 6.10 Å². The molecule has 0 saturated heterocycles. The molecule has 2 aromatic heterocycles. The van der Waals surface area contributed by atoms with E-state index in [1.165, 1.54) is 0 Å². The van der Waals surface area contributed by atoms with Crippen molar-refractivity contribution in [2.45, 2.75) is 18.8 Å². The van der Waals surface area contributed by atoms with Crippen molar-refractivity contribution in [3.63, 3.8) is 0 Å². The average molecular weight is 350 g/mol. The second-order valence-corrected chi connectivity index (χ2v) is 5.95. The van der Waals surface area contributed by atoms with Gasteiger partial charge >= 0.3 is 0 Å². The van der Waals surface area contributed by atoms with Crippen LogP contribution in [-0.4, -0.2) is 27.8 Å². The Hall–Kier alpha value is -3.12. The molecule has 132 valence electrons. The minimum absolute atomic E-state index is 0.263. The highest BCUT2D eigenvalue weighted by molar-refractivity contribution is 5.43. The maximum absolute atomic E-state index is 10.7. The Morgan fingerprint density at radius 1 is 1.04 bits per heavy atom. The molecule has 0 aliphatic carbocycles. The smallest absolute Gasteiger partial charge is 0.163 e. The summed E-state index contributed by atoms with van der Waals surface area (Å²) in [6.45, 7) is 0.665. The van der Waals surface area contributed by atoms with Crippen LogP contribution in [0.3, 0.4) is 0 Å². The van der Waals surface area contributed by atoms with Crippen LogP contribution in [0, 0.1) is 0 Å². The number of aliphatic hydroxyl groups is 1. The van der Waals surface area contributed by atoms with Gasteiger partial charge in [0.25, 0.3) is 0 Å². The maximum Gasteiger partial charge on any atom is 0.163 e. The van der Waals surface area contributed by atoms with E-state index in [1.54, 1.807) is 49.1 Å². The number of ether oxygens (including phenoxy) is 3. The van der Waals surface area contributed by atoms with E-state index in [0.29, 0.717) is 29.4 Å². The van der Waals surface area contributed by atoms with Crippen molar-refractivity contribution in [3.8, 4) is 17.2 Å². The third kappa shape index (κ3) is 3.60. The molecule has 0 bridgehead atoms. The summed E-state index contributed by atoms with van der Waals surface area (Å²) in [7, 11) is 0. The monoisotopic (exact) mass is 350 g/mol. The topological polar surface area (TPSA) is 73.7 Å². The molecule has 0 spiro atoms. The van der Waals surface area contributed by atoms with Gasteiger partial charge in [-0.3, -0.25) is 9.97 Å². The molecule has 6 nitrogen and oxygen atoms in total. The Labute approximate surface area is 151 Å². The summed E-state index contributed by atoms with van der Waals surface area (Å²) >= 11 is 0. The molecular weight excluding hydrogens is 332 g/mol. The predicted molar refractivity (Wildman–Crippen MR) is 94.1 cm³/mol. The number of hydrogen-bond acceptors (Lipinski definition) is 6. The summed E-state index contributed by atoms with van der Waals surface area (Å²) in [6, 6.07) is 12.8. The molecular formula is C20H18N2O4. The summed E-state index contributed by atoms with van der Waals surface area (Å²) in [5.41, 5.74) is 1.62. The highest BCUT2D eigenvalue weighted by atomic mass is 16.5. The first-order valence-corrected chi connectivity index (χ1v) is 8.33. The second-order valence-electron chi connectivity index (χ2n) is 5.95. The first-order chi connectivity index (χ1) is 12.8. The zero-order valence-electron chi connectivity index (χ0n) is 14.0. The molecule has 1 aliphatic rings. The molecule has 0 amide bonds. The third-order valence-corrected chi connectivity index (χ3v) is 4.11. The van der Waals surface area contributed by atoms with E-state index in [0.717, 1.165) is 5.56 Å². The van der Waals surface area contributed by atoms with Crippen LogP contribution in [0.4, 0.5) is 0 Å². The maximum atomic E-state index is 10.7. The van der Waals surface area contributed by atoms with Crippen molar-refractivity contribution in [2.75, 3.05) is 6.61 Å². The lowest BCUT2D eigenvalue weighted by Crippen LogP contribution is -2.35. The molecule has 1 aromatic carbocycles. The fraction of sp³-hybridized carbons (Fsp3) is 0.200. The van der Waals surface area contributed by atoms with Crippen LogP contribution < -0.4 is 14.2 Å². The first kappa shape index (κ1) is 16.4. The zero-order chi connectivity index (χ0) is 17.8. The molecule has 4 rings (SSSR count). The molecule has 3 aromatic rings. The van der Waals surface area contributed by atoms with Crippen molar-refractivity contribution in [1.82, 2.24) is 9.97 Å². The Bertz CT molecular complexity index is 858. The number of pyridine rings is 2. The van der Waals surface area contributed by atoms with Gasteiger partial charge in [0, 0.05) is 29.7 Å². The van der Waals surface area contributed by atoms with E-state index in [-0.39, 0.29) is 6.61 Å². The van der Waals surface area contributed by atoms with E-state index in [2.05, 4.69) is 9.97 Å². The van der Waals surface area contributed by atoms with Gasteiger partial charge in [-0.1, -0.05) is 6.07 Å².